The number of nitrogens with zero attached hydrogens (tertiary/aromatic N) is 5. The second kappa shape index (κ2) is 7.82. The van der Waals surface area contributed by atoms with Crippen molar-refractivity contribution >= 4 is 34.0 Å². The summed E-state index contributed by atoms with van der Waals surface area (Å²) in [6, 6.07) is 16.1. The highest BCUT2D eigenvalue weighted by Crippen LogP contribution is 2.34. The highest BCUT2D eigenvalue weighted by molar-refractivity contribution is 6.35. The van der Waals surface area contributed by atoms with Crippen LogP contribution in [0.3, 0.4) is 0 Å². The van der Waals surface area contributed by atoms with E-state index in [0.717, 1.165) is 45.0 Å². The summed E-state index contributed by atoms with van der Waals surface area (Å²) in [4.78, 5) is 0. The van der Waals surface area contributed by atoms with Crippen LogP contribution in [0.4, 0.5) is 15.8 Å². The molecular weight excluding hydrogens is 457 g/mol. The predicted molar refractivity (Wildman–Crippen MR) is 129 cm³/mol. The normalized spacial score (nSPS) is 14.8. The molecule has 3 N–H and O–H groups in total. The predicted octanol–water partition coefficient (Wildman–Crippen LogP) is 4.55. The Morgan fingerprint density at radius 1 is 1.06 bits per heavy atom. The molecule has 0 saturated carbocycles. The van der Waals surface area contributed by atoms with Crippen LogP contribution in [0.5, 0.6) is 0 Å². The van der Waals surface area contributed by atoms with Gasteiger partial charge in [-0.05, 0) is 66.6 Å². The van der Waals surface area contributed by atoms with Gasteiger partial charge in [-0.2, -0.15) is 5.10 Å². The summed E-state index contributed by atoms with van der Waals surface area (Å²) in [6.07, 6.45) is 0.899. The standard InChI is InChI=1S/C24H19ClFN7O/c1-13-8-16(26)3-2-14(13)12-32-21(6-7-27-32)15-9-18(25)23-22(10-15)33(31-30-23)17-4-5-19-20(11-17)29-24(34)28-19/h2-11,24,28-29,34H,12H2,1H3. The monoisotopic (exact) mass is 475 g/mol. The molecule has 2 aromatic heterocycles. The van der Waals surface area contributed by atoms with E-state index in [9.17, 15) is 9.50 Å². The lowest BCUT2D eigenvalue weighted by Crippen LogP contribution is -2.20. The number of hydrogen-bond donors (Lipinski definition) is 3. The maximum absolute atomic E-state index is 13.5. The number of benzene rings is 3. The molecule has 1 unspecified atom stereocenters. The minimum absolute atomic E-state index is 0.257. The molecule has 0 aliphatic carbocycles. The molecule has 0 radical (unpaired) electrons. The molecule has 3 aromatic carbocycles. The SMILES string of the molecule is Cc1cc(F)ccc1Cn1nccc1-c1cc(Cl)c2nnn(-c3ccc4c(c3)NC(O)N4)c2c1. The number of halogens is 2. The molecule has 1 atom stereocenters. The largest absolute Gasteiger partial charge is 0.357 e. The average molecular weight is 476 g/mol. The van der Waals surface area contributed by atoms with Crippen LogP contribution < -0.4 is 10.6 Å². The third-order valence-corrected chi connectivity index (χ3v) is 6.26. The van der Waals surface area contributed by atoms with Crippen LogP contribution in [0, 0.1) is 12.7 Å². The lowest BCUT2D eigenvalue weighted by Gasteiger charge is -2.11. The Kier molecular flexibility index (Phi) is 4.75. The molecule has 1 aliphatic rings. The maximum Gasteiger partial charge on any atom is 0.202 e. The van der Waals surface area contributed by atoms with E-state index in [1.54, 1.807) is 16.9 Å². The zero-order chi connectivity index (χ0) is 23.4. The Hall–Kier alpha value is -3.95. The topological polar surface area (TPSA) is 92.8 Å². The van der Waals surface area contributed by atoms with E-state index in [1.165, 1.54) is 12.1 Å². The van der Waals surface area contributed by atoms with Gasteiger partial charge < -0.3 is 15.7 Å². The van der Waals surface area contributed by atoms with E-state index in [4.69, 9.17) is 11.6 Å². The number of rotatable bonds is 4. The highest BCUT2D eigenvalue weighted by Gasteiger charge is 2.19. The van der Waals surface area contributed by atoms with Crippen LogP contribution in [0.15, 0.2) is 60.8 Å². The fourth-order valence-corrected chi connectivity index (χ4v) is 4.52. The van der Waals surface area contributed by atoms with Crippen LogP contribution in [0.25, 0.3) is 28.0 Å². The molecule has 34 heavy (non-hydrogen) atoms. The summed E-state index contributed by atoms with van der Waals surface area (Å²) in [5, 5.41) is 29.2. The van der Waals surface area contributed by atoms with E-state index in [0.29, 0.717) is 17.1 Å². The van der Waals surface area contributed by atoms with Crippen molar-refractivity contribution in [2.24, 2.45) is 0 Å². The van der Waals surface area contributed by atoms with Crippen molar-refractivity contribution < 1.29 is 9.50 Å². The van der Waals surface area contributed by atoms with Crippen molar-refractivity contribution in [2.45, 2.75) is 19.8 Å². The quantitative estimate of drug-likeness (QED) is 0.353. The molecule has 170 valence electrons. The molecule has 6 rings (SSSR count). The summed E-state index contributed by atoms with van der Waals surface area (Å²) in [6.45, 7) is 2.38. The van der Waals surface area contributed by atoms with E-state index in [2.05, 4.69) is 26.0 Å². The van der Waals surface area contributed by atoms with E-state index in [-0.39, 0.29) is 5.82 Å². The van der Waals surface area contributed by atoms with Crippen molar-refractivity contribution in [1.82, 2.24) is 24.8 Å². The van der Waals surface area contributed by atoms with Crippen molar-refractivity contribution in [3.8, 4) is 16.9 Å². The number of aryl methyl sites for hydroxylation is 1. The number of hydrogen-bond acceptors (Lipinski definition) is 6. The van der Waals surface area contributed by atoms with Crippen molar-refractivity contribution in [1.29, 1.82) is 0 Å². The van der Waals surface area contributed by atoms with Gasteiger partial charge >= 0.3 is 0 Å². The Labute approximate surface area is 198 Å². The number of anilines is 2. The lowest BCUT2D eigenvalue weighted by molar-refractivity contribution is 0.238. The molecule has 5 aromatic rings. The molecule has 1 aliphatic heterocycles. The average Bonchev–Trinajstić information content (AvgIpc) is 3.52. The fourth-order valence-electron chi connectivity index (χ4n) is 4.26. The number of fused-ring (bicyclic) bond motifs is 2. The van der Waals surface area contributed by atoms with Gasteiger partial charge in [0.15, 0.2) is 0 Å². The smallest absolute Gasteiger partial charge is 0.202 e. The summed E-state index contributed by atoms with van der Waals surface area (Å²) in [5.41, 5.74) is 7.22. The first-order valence-electron chi connectivity index (χ1n) is 10.6. The zero-order valence-corrected chi connectivity index (χ0v) is 18.8. The van der Waals surface area contributed by atoms with Crippen molar-refractivity contribution in [2.75, 3.05) is 10.6 Å². The first-order valence-corrected chi connectivity index (χ1v) is 11.0. The first kappa shape index (κ1) is 20.6. The summed E-state index contributed by atoms with van der Waals surface area (Å²) < 4.78 is 17.1. The van der Waals surface area contributed by atoms with E-state index < -0.39 is 6.35 Å². The molecule has 0 bridgehead atoms. The molecule has 0 amide bonds. The first-order chi connectivity index (χ1) is 16.5. The number of aliphatic hydroxyl groups is 1. The van der Waals surface area contributed by atoms with Crippen LogP contribution in [-0.4, -0.2) is 36.2 Å². The van der Waals surface area contributed by atoms with Crippen LogP contribution >= 0.6 is 11.6 Å². The maximum atomic E-state index is 13.5. The number of aromatic nitrogens is 5. The minimum Gasteiger partial charge on any atom is -0.357 e. The number of aliphatic hydroxyl groups excluding tert-OH is 1. The molecule has 3 heterocycles. The second-order valence-corrected chi connectivity index (χ2v) is 8.60. The third-order valence-electron chi connectivity index (χ3n) is 5.97. The van der Waals surface area contributed by atoms with E-state index >= 15 is 0 Å². The van der Waals surface area contributed by atoms with Gasteiger partial charge in [-0.15, -0.1) is 5.10 Å². The van der Waals surface area contributed by atoms with Gasteiger partial charge in [-0.1, -0.05) is 22.9 Å². The Balaban J connectivity index is 1.42. The minimum atomic E-state index is -0.830. The van der Waals surface area contributed by atoms with Gasteiger partial charge in [0.2, 0.25) is 6.35 Å². The third kappa shape index (κ3) is 3.46. The van der Waals surface area contributed by atoms with Crippen molar-refractivity contribution in [3.63, 3.8) is 0 Å². The fraction of sp³-hybridized carbons (Fsp3) is 0.125. The van der Waals surface area contributed by atoms with Crippen molar-refractivity contribution in [3.05, 3.63) is 82.8 Å². The summed E-state index contributed by atoms with van der Waals surface area (Å²) >= 11 is 6.61. The lowest BCUT2D eigenvalue weighted by atomic mass is 10.1. The molecule has 8 nitrogen and oxygen atoms in total. The summed E-state index contributed by atoms with van der Waals surface area (Å²) in [5.74, 6) is -0.257. The van der Waals surface area contributed by atoms with Crippen LogP contribution in [0.1, 0.15) is 11.1 Å². The van der Waals surface area contributed by atoms with Crippen LogP contribution in [-0.2, 0) is 6.54 Å². The van der Waals surface area contributed by atoms with Gasteiger partial charge in [0.1, 0.15) is 11.3 Å². The Morgan fingerprint density at radius 3 is 2.76 bits per heavy atom. The molecule has 10 heteroatoms. The zero-order valence-electron chi connectivity index (χ0n) is 18.0. The van der Waals surface area contributed by atoms with E-state index in [1.807, 2.05) is 48.0 Å². The van der Waals surface area contributed by atoms with Gasteiger partial charge in [0.25, 0.3) is 0 Å². The summed E-state index contributed by atoms with van der Waals surface area (Å²) in [7, 11) is 0. The molecule has 0 spiro atoms. The van der Waals surface area contributed by atoms with Crippen LogP contribution in [0.2, 0.25) is 5.02 Å². The van der Waals surface area contributed by atoms with Gasteiger partial charge in [-0.3, -0.25) is 4.68 Å². The van der Waals surface area contributed by atoms with Gasteiger partial charge in [0.05, 0.1) is 39.8 Å². The van der Waals surface area contributed by atoms with Gasteiger partial charge in [0, 0.05) is 11.8 Å². The molecular formula is C24H19ClFN7O. The Morgan fingerprint density at radius 2 is 1.91 bits per heavy atom. The molecule has 0 fully saturated rings. The second-order valence-electron chi connectivity index (χ2n) is 8.19. The van der Waals surface area contributed by atoms with Gasteiger partial charge in [-0.25, -0.2) is 9.07 Å². The number of nitrogens with one attached hydrogen (secondary N) is 2. The molecule has 0 saturated heterocycles. The Bertz CT molecular complexity index is 1560. The highest BCUT2D eigenvalue weighted by atomic mass is 35.5.